The van der Waals surface area contributed by atoms with Gasteiger partial charge in [0.1, 0.15) is 34.0 Å². The summed E-state index contributed by atoms with van der Waals surface area (Å²) in [6, 6.07) is 9.04. The number of ether oxygens (including phenoxy) is 1. The Morgan fingerprint density at radius 1 is 1.11 bits per heavy atom. The third kappa shape index (κ3) is 3.70. The third-order valence-corrected chi connectivity index (χ3v) is 6.73. The molecule has 35 heavy (non-hydrogen) atoms. The lowest BCUT2D eigenvalue weighted by atomic mass is 9.70. The zero-order valence-corrected chi connectivity index (χ0v) is 19.9. The van der Waals surface area contributed by atoms with E-state index in [2.05, 4.69) is 5.32 Å². The highest BCUT2D eigenvalue weighted by Crippen LogP contribution is 2.57. The molecule has 1 aliphatic carbocycles. The predicted molar refractivity (Wildman–Crippen MR) is 127 cm³/mol. The van der Waals surface area contributed by atoms with E-state index >= 15 is 0 Å². The molecule has 2 aromatic rings. The summed E-state index contributed by atoms with van der Waals surface area (Å²) < 4.78 is 5.77. The second-order valence-electron chi connectivity index (χ2n) is 9.10. The van der Waals surface area contributed by atoms with Crippen molar-refractivity contribution >= 4 is 17.3 Å². The van der Waals surface area contributed by atoms with E-state index in [1.54, 1.807) is 6.92 Å². The average Bonchev–Trinajstić information content (AvgIpc) is 3.10. The molecule has 2 aliphatic rings. The van der Waals surface area contributed by atoms with E-state index in [4.69, 9.17) is 4.74 Å². The van der Waals surface area contributed by atoms with E-state index in [1.807, 2.05) is 30.3 Å². The molecule has 0 unspecified atom stereocenters. The number of carbonyl (C=O) groups excluding carboxylic acids is 3. The summed E-state index contributed by atoms with van der Waals surface area (Å²) in [4.78, 5) is 39.2. The Morgan fingerprint density at radius 3 is 2.37 bits per heavy atom. The third-order valence-electron chi connectivity index (χ3n) is 6.73. The first-order valence-corrected chi connectivity index (χ1v) is 11.2. The van der Waals surface area contributed by atoms with Crippen LogP contribution in [0.15, 0.2) is 53.4 Å². The fourth-order valence-corrected chi connectivity index (χ4v) is 4.80. The summed E-state index contributed by atoms with van der Waals surface area (Å²) in [5, 5.41) is 34.3. The molecule has 0 bridgehead atoms. The van der Waals surface area contributed by atoms with Gasteiger partial charge in [-0.3, -0.25) is 14.4 Å². The Balaban J connectivity index is 1.80. The topological polar surface area (TPSA) is 133 Å². The van der Waals surface area contributed by atoms with Gasteiger partial charge in [-0.1, -0.05) is 30.3 Å². The van der Waals surface area contributed by atoms with E-state index in [1.165, 1.54) is 26.8 Å². The molecule has 2 aromatic carbocycles. The maximum Gasteiger partial charge on any atom is 0.194 e. The van der Waals surface area contributed by atoms with Crippen LogP contribution in [-0.2, 0) is 21.4 Å². The second-order valence-corrected chi connectivity index (χ2v) is 9.10. The van der Waals surface area contributed by atoms with Crippen LogP contribution in [0.4, 0.5) is 0 Å². The fraction of sp³-hybridized carbons (Fsp3) is 0.296. The highest BCUT2D eigenvalue weighted by atomic mass is 16.5. The number of fused-ring (bicyclic) bond motifs is 3. The van der Waals surface area contributed by atoms with Gasteiger partial charge in [0.15, 0.2) is 17.3 Å². The lowest BCUT2D eigenvalue weighted by Crippen LogP contribution is -2.42. The van der Waals surface area contributed by atoms with Gasteiger partial charge in [-0.2, -0.15) is 0 Å². The number of carbonyl (C=O) groups is 3. The van der Waals surface area contributed by atoms with Crippen LogP contribution in [0.1, 0.15) is 47.8 Å². The molecule has 0 radical (unpaired) electrons. The first-order chi connectivity index (χ1) is 16.5. The number of Topliss-reactive ketones (excluding diaryl/α,β-unsaturated/α-hetero) is 2. The number of ketones is 3. The summed E-state index contributed by atoms with van der Waals surface area (Å²) in [7, 11) is 0. The number of hydrogen-bond acceptors (Lipinski definition) is 8. The SMILES string of the molecule is CC(=O)c1c(O)c(C)c(O)c2c1OC1=CC(=O)/C(=C(/C)N[C@H](CO)Cc3ccccc3)C(=O)[C@@]12C. The monoisotopic (exact) mass is 477 g/mol. The summed E-state index contributed by atoms with van der Waals surface area (Å²) in [6.07, 6.45) is 1.64. The lowest BCUT2D eigenvalue weighted by Gasteiger charge is -2.29. The van der Waals surface area contributed by atoms with Crippen molar-refractivity contribution in [2.75, 3.05) is 6.61 Å². The highest BCUT2D eigenvalue weighted by Gasteiger charge is 2.56. The Hall–Kier alpha value is -3.91. The summed E-state index contributed by atoms with van der Waals surface area (Å²) in [5.41, 5.74) is -0.542. The van der Waals surface area contributed by atoms with Crippen LogP contribution in [0.25, 0.3) is 0 Å². The zero-order chi connectivity index (χ0) is 25.7. The smallest absolute Gasteiger partial charge is 0.194 e. The molecule has 0 saturated heterocycles. The minimum absolute atomic E-state index is 0.0233. The number of aromatic hydroxyl groups is 2. The molecule has 0 fully saturated rings. The standard InChI is InChI=1S/C27H27NO7/c1-13-23(32)21(15(3)30)25-22(24(13)33)27(4)19(35-25)11-18(31)20(26(27)34)14(2)28-17(12-29)10-16-8-6-5-7-9-16/h5-9,11,17,28-29,32-33H,10,12H2,1-4H3/b20-14+/t17-,27-/m0/s1. The van der Waals surface area contributed by atoms with E-state index in [9.17, 15) is 29.7 Å². The van der Waals surface area contributed by atoms with Crippen LogP contribution in [0, 0.1) is 6.92 Å². The normalized spacial score (nSPS) is 21.0. The summed E-state index contributed by atoms with van der Waals surface area (Å²) in [6.45, 7) is 5.54. The van der Waals surface area contributed by atoms with Gasteiger partial charge in [0.05, 0.1) is 23.8 Å². The molecule has 8 heteroatoms. The van der Waals surface area contributed by atoms with Crippen LogP contribution in [-0.4, -0.2) is 45.3 Å². The van der Waals surface area contributed by atoms with E-state index in [0.29, 0.717) is 6.42 Å². The lowest BCUT2D eigenvalue weighted by molar-refractivity contribution is -0.123. The first-order valence-electron chi connectivity index (χ1n) is 11.2. The zero-order valence-electron chi connectivity index (χ0n) is 19.9. The Morgan fingerprint density at radius 2 is 1.77 bits per heavy atom. The van der Waals surface area contributed by atoms with Gasteiger partial charge in [0.2, 0.25) is 0 Å². The molecule has 8 nitrogen and oxygen atoms in total. The molecule has 1 aliphatic heterocycles. The number of benzene rings is 2. The van der Waals surface area contributed by atoms with Gasteiger partial charge >= 0.3 is 0 Å². The largest absolute Gasteiger partial charge is 0.507 e. The summed E-state index contributed by atoms with van der Waals surface area (Å²) in [5.74, 6) is -2.68. The van der Waals surface area contributed by atoms with Gasteiger partial charge in [0, 0.05) is 17.3 Å². The van der Waals surface area contributed by atoms with Gasteiger partial charge in [-0.25, -0.2) is 0 Å². The quantitative estimate of drug-likeness (QED) is 0.284. The Kier molecular flexibility index (Phi) is 6.02. The van der Waals surface area contributed by atoms with Crippen LogP contribution < -0.4 is 10.1 Å². The molecule has 0 aromatic heterocycles. The van der Waals surface area contributed by atoms with E-state index in [-0.39, 0.29) is 51.8 Å². The van der Waals surface area contributed by atoms with Gasteiger partial charge in [-0.05, 0) is 39.7 Å². The molecule has 0 amide bonds. The molecule has 1 heterocycles. The molecule has 2 atom stereocenters. The van der Waals surface area contributed by atoms with Crippen LogP contribution in [0.3, 0.4) is 0 Å². The van der Waals surface area contributed by atoms with Crippen molar-refractivity contribution in [1.82, 2.24) is 5.32 Å². The molecule has 4 rings (SSSR count). The maximum atomic E-state index is 13.8. The second kappa shape index (κ2) is 8.70. The van der Waals surface area contributed by atoms with Crippen molar-refractivity contribution in [3.05, 3.63) is 75.7 Å². The molecule has 0 spiro atoms. The minimum atomic E-state index is -1.58. The number of aliphatic hydroxyl groups is 1. The van der Waals surface area contributed by atoms with Gasteiger partial charge < -0.3 is 25.4 Å². The van der Waals surface area contributed by atoms with Crippen molar-refractivity contribution < 1.29 is 34.4 Å². The number of allylic oxidation sites excluding steroid dienone is 4. The van der Waals surface area contributed by atoms with Crippen LogP contribution in [0.2, 0.25) is 0 Å². The molecular formula is C27H27NO7. The molecule has 0 saturated carbocycles. The number of nitrogens with one attached hydrogen (secondary N) is 1. The van der Waals surface area contributed by atoms with E-state index < -0.39 is 34.6 Å². The minimum Gasteiger partial charge on any atom is -0.507 e. The average molecular weight is 478 g/mol. The Labute approximate surface area is 202 Å². The number of aliphatic hydroxyl groups excluding tert-OH is 1. The number of phenolic OH excluding ortho intramolecular Hbond substituents is 2. The van der Waals surface area contributed by atoms with E-state index in [0.717, 1.165) is 5.56 Å². The fourth-order valence-electron chi connectivity index (χ4n) is 4.80. The predicted octanol–water partition coefficient (Wildman–Crippen LogP) is 2.76. The summed E-state index contributed by atoms with van der Waals surface area (Å²) >= 11 is 0. The maximum absolute atomic E-state index is 13.8. The van der Waals surface area contributed by atoms with Crippen molar-refractivity contribution in [3.8, 4) is 17.2 Å². The van der Waals surface area contributed by atoms with Crippen molar-refractivity contribution in [2.24, 2.45) is 0 Å². The van der Waals surface area contributed by atoms with Crippen LogP contribution in [0.5, 0.6) is 17.2 Å². The van der Waals surface area contributed by atoms with Crippen molar-refractivity contribution in [2.45, 2.75) is 45.6 Å². The van der Waals surface area contributed by atoms with Gasteiger partial charge in [0.25, 0.3) is 0 Å². The molecule has 182 valence electrons. The van der Waals surface area contributed by atoms with Crippen molar-refractivity contribution in [3.63, 3.8) is 0 Å². The molecule has 4 N–H and O–H groups in total. The first kappa shape index (κ1) is 24.2. The number of rotatable bonds is 6. The Bertz CT molecular complexity index is 1320. The number of phenols is 2. The highest BCUT2D eigenvalue weighted by molar-refractivity contribution is 6.31. The van der Waals surface area contributed by atoms with Crippen molar-refractivity contribution in [1.29, 1.82) is 0 Å². The van der Waals surface area contributed by atoms with Crippen LogP contribution >= 0.6 is 0 Å². The molecular weight excluding hydrogens is 450 g/mol. The number of hydrogen-bond donors (Lipinski definition) is 4. The van der Waals surface area contributed by atoms with Gasteiger partial charge in [-0.15, -0.1) is 0 Å².